The van der Waals surface area contributed by atoms with E-state index in [9.17, 15) is 9.18 Å². The molecule has 2 aromatic rings. The van der Waals surface area contributed by atoms with Gasteiger partial charge >= 0.3 is 5.97 Å². The highest BCUT2D eigenvalue weighted by atomic mass is 35.5. The Bertz CT molecular complexity index is 889. The summed E-state index contributed by atoms with van der Waals surface area (Å²) >= 11 is 6.24. The van der Waals surface area contributed by atoms with Crippen molar-refractivity contribution in [2.75, 3.05) is 6.61 Å². The third-order valence-corrected chi connectivity index (χ3v) is 5.25. The molecule has 0 radical (unpaired) electrons. The number of aryl methyl sites for hydroxylation is 2. The van der Waals surface area contributed by atoms with Gasteiger partial charge in [-0.3, -0.25) is 4.79 Å². The summed E-state index contributed by atoms with van der Waals surface area (Å²) in [5.41, 5.74) is 4.72. The summed E-state index contributed by atoms with van der Waals surface area (Å²) in [7, 11) is 0. The molecule has 3 nitrogen and oxygen atoms in total. The molecule has 0 unspecified atom stereocenters. The molecule has 2 aromatic carbocycles. The average molecular weight is 389 g/mol. The number of hydrogen-bond donors (Lipinski definition) is 1. The zero-order chi connectivity index (χ0) is 19.4. The predicted octanol–water partition coefficient (Wildman–Crippen LogP) is 5.82. The van der Waals surface area contributed by atoms with Gasteiger partial charge in [0.2, 0.25) is 0 Å². The van der Waals surface area contributed by atoms with Gasteiger partial charge in [0, 0.05) is 11.4 Å². The van der Waals surface area contributed by atoms with Crippen molar-refractivity contribution in [2.24, 2.45) is 0 Å². The van der Waals surface area contributed by atoms with Gasteiger partial charge in [-0.1, -0.05) is 29.8 Å². The second kappa shape index (κ2) is 8.57. The van der Waals surface area contributed by atoms with Gasteiger partial charge in [-0.2, -0.15) is 0 Å². The van der Waals surface area contributed by atoms with Crippen molar-refractivity contribution in [1.29, 1.82) is 0 Å². The Morgan fingerprint density at radius 1 is 1.22 bits per heavy atom. The number of benzene rings is 2. The first-order valence-corrected chi connectivity index (χ1v) is 9.42. The number of allylic oxidation sites excluding steroid dienone is 1. The molecule has 142 valence electrons. The molecule has 1 aliphatic carbocycles. The molecule has 1 aliphatic rings. The van der Waals surface area contributed by atoms with Crippen molar-refractivity contribution >= 4 is 23.1 Å². The van der Waals surface area contributed by atoms with Crippen LogP contribution in [0.5, 0.6) is 5.75 Å². The molecule has 27 heavy (non-hydrogen) atoms. The maximum absolute atomic E-state index is 13.9. The highest BCUT2D eigenvalue weighted by molar-refractivity contribution is 6.31. The summed E-state index contributed by atoms with van der Waals surface area (Å²) in [6, 6.07) is 10.7. The lowest BCUT2D eigenvalue weighted by Crippen LogP contribution is -2.02. The van der Waals surface area contributed by atoms with E-state index in [2.05, 4.69) is 0 Å². The number of hydrogen-bond acceptors (Lipinski definition) is 2. The lowest BCUT2D eigenvalue weighted by molar-refractivity contribution is -0.136. The van der Waals surface area contributed by atoms with E-state index in [1.807, 2.05) is 18.2 Å². The molecule has 0 saturated heterocycles. The largest absolute Gasteiger partial charge is 0.489 e. The second-order valence-corrected chi connectivity index (χ2v) is 7.24. The Morgan fingerprint density at radius 3 is 2.74 bits per heavy atom. The summed E-state index contributed by atoms with van der Waals surface area (Å²) in [6.07, 6.45) is 3.34. The number of carboxylic acid groups (broad SMARTS) is 1. The van der Waals surface area contributed by atoms with E-state index in [1.54, 1.807) is 25.1 Å². The van der Waals surface area contributed by atoms with Gasteiger partial charge in [-0.05, 0) is 78.6 Å². The van der Waals surface area contributed by atoms with Crippen LogP contribution in [-0.2, 0) is 11.2 Å². The van der Waals surface area contributed by atoms with Gasteiger partial charge in [-0.25, -0.2) is 4.39 Å². The Balaban J connectivity index is 1.70. The molecule has 1 N–H and O–H groups in total. The minimum atomic E-state index is -0.848. The lowest BCUT2D eigenvalue weighted by Gasteiger charge is -2.12. The van der Waals surface area contributed by atoms with Crippen LogP contribution >= 0.6 is 11.6 Å². The number of halogens is 2. The van der Waals surface area contributed by atoms with E-state index in [4.69, 9.17) is 21.4 Å². The van der Waals surface area contributed by atoms with Crippen LogP contribution in [0.2, 0.25) is 5.02 Å². The van der Waals surface area contributed by atoms with E-state index in [1.165, 1.54) is 5.57 Å². The van der Waals surface area contributed by atoms with E-state index in [-0.39, 0.29) is 12.2 Å². The first kappa shape index (κ1) is 19.4. The average Bonchev–Trinajstić information content (AvgIpc) is 3.10. The van der Waals surface area contributed by atoms with Gasteiger partial charge in [0.25, 0.3) is 0 Å². The van der Waals surface area contributed by atoms with Crippen LogP contribution in [0.25, 0.3) is 5.57 Å². The third kappa shape index (κ3) is 4.89. The van der Waals surface area contributed by atoms with Gasteiger partial charge in [0.05, 0.1) is 0 Å². The molecule has 0 heterocycles. The van der Waals surface area contributed by atoms with Crippen molar-refractivity contribution in [3.63, 3.8) is 0 Å². The summed E-state index contributed by atoms with van der Waals surface area (Å²) in [4.78, 5) is 10.7. The van der Waals surface area contributed by atoms with Crippen molar-refractivity contribution < 1.29 is 19.0 Å². The number of aliphatic carboxylic acids is 1. The quantitative estimate of drug-likeness (QED) is 0.649. The Hall–Kier alpha value is -2.33. The monoisotopic (exact) mass is 388 g/mol. The topological polar surface area (TPSA) is 46.5 Å². The fraction of sp³-hybridized carbons (Fsp3) is 0.318. The molecule has 0 aliphatic heterocycles. The molecular weight excluding hydrogens is 367 g/mol. The Labute approximate surface area is 163 Å². The number of rotatable bonds is 7. The SMILES string of the molecule is Cc1ccc(C2=C(COc3ccc(CCC(=O)O)c(Cl)c3)CCC2)cc1F. The maximum Gasteiger partial charge on any atom is 0.303 e. The smallest absolute Gasteiger partial charge is 0.303 e. The Morgan fingerprint density at radius 2 is 2.04 bits per heavy atom. The number of carboxylic acids is 1. The molecule has 0 amide bonds. The van der Waals surface area contributed by atoms with Gasteiger partial charge in [0.15, 0.2) is 0 Å². The van der Waals surface area contributed by atoms with Gasteiger partial charge in [-0.15, -0.1) is 0 Å². The van der Waals surface area contributed by atoms with Crippen molar-refractivity contribution in [3.8, 4) is 5.75 Å². The second-order valence-electron chi connectivity index (χ2n) is 6.84. The van der Waals surface area contributed by atoms with Crippen LogP contribution in [0.3, 0.4) is 0 Å². The Kier molecular flexibility index (Phi) is 6.17. The highest BCUT2D eigenvalue weighted by Crippen LogP contribution is 2.35. The van der Waals surface area contributed by atoms with E-state index in [0.29, 0.717) is 29.4 Å². The fourth-order valence-electron chi connectivity index (χ4n) is 3.33. The maximum atomic E-state index is 13.9. The van der Waals surface area contributed by atoms with Gasteiger partial charge < -0.3 is 9.84 Å². The number of carbonyl (C=O) groups is 1. The minimum Gasteiger partial charge on any atom is -0.489 e. The van der Waals surface area contributed by atoms with Crippen LogP contribution < -0.4 is 4.74 Å². The lowest BCUT2D eigenvalue weighted by atomic mass is 10.0. The highest BCUT2D eigenvalue weighted by Gasteiger charge is 2.18. The van der Waals surface area contributed by atoms with Crippen LogP contribution in [-0.4, -0.2) is 17.7 Å². The molecule has 0 fully saturated rings. The van der Waals surface area contributed by atoms with Crippen molar-refractivity contribution in [3.05, 3.63) is 69.5 Å². The first-order chi connectivity index (χ1) is 12.9. The molecule has 3 rings (SSSR count). The van der Waals surface area contributed by atoms with E-state index < -0.39 is 5.97 Å². The van der Waals surface area contributed by atoms with Crippen LogP contribution in [0.15, 0.2) is 42.0 Å². The fourth-order valence-corrected chi connectivity index (χ4v) is 3.59. The number of ether oxygens (including phenoxy) is 1. The summed E-state index contributed by atoms with van der Waals surface area (Å²) < 4.78 is 19.8. The molecule has 0 saturated carbocycles. The molecule has 5 heteroatoms. The van der Waals surface area contributed by atoms with Crippen molar-refractivity contribution in [2.45, 2.75) is 39.0 Å². The van der Waals surface area contributed by atoms with Crippen LogP contribution in [0.1, 0.15) is 42.4 Å². The molecule has 0 atom stereocenters. The third-order valence-electron chi connectivity index (χ3n) is 4.90. The molecule has 0 aromatic heterocycles. The van der Waals surface area contributed by atoms with Crippen molar-refractivity contribution in [1.82, 2.24) is 0 Å². The molecule has 0 bridgehead atoms. The molecule has 0 spiro atoms. The predicted molar refractivity (Wildman–Crippen MR) is 105 cm³/mol. The first-order valence-electron chi connectivity index (χ1n) is 9.04. The normalized spacial score (nSPS) is 13.9. The van der Waals surface area contributed by atoms with Crippen LogP contribution in [0, 0.1) is 12.7 Å². The zero-order valence-corrected chi connectivity index (χ0v) is 16.0. The molecular formula is C22H22ClFO3. The zero-order valence-electron chi connectivity index (χ0n) is 15.2. The van der Waals surface area contributed by atoms with E-state index >= 15 is 0 Å². The summed E-state index contributed by atoms with van der Waals surface area (Å²) in [5.74, 6) is -0.386. The standard InChI is InChI=1S/C22H22ClFO3/c1-14-5-6-16(11-21(14)24)19-4-2-3-17(19)13-27-18-9-7-15(20(23)12-18)8-10-22(25)26/h5-7,9,11-12H,2-4,8,10,13H2,1H3,(H,25,26). The van der Waals surface area contributed by atoms with E-state index in [0.717, 1.165) is 36.0 Å². The van der Waals surface area contributed by atoms with Crippen LogP contribution in [0.4, 0.5) is 4.39 Å². The summed E-state index contributed by atoms with van der Waals surface area (Å²) in [5, 5.41) is 9.29. The van der Waals surface area contributed by atoms with Gasteiger partial charge in [0.1, 0.15) is 18.2 Å². The summed E-state index contributed by atoms with van der Waals surface area (Å²) in [6.45, 7) is 2.20. The minimum absolute atomic E-state index is 0.0449.